The maximum atomic E-state index is 13.5. The van der Waals surface area contributed by atoms with Crippen LogP contribution in [0.5, 0.6) is 5.75 Å². The molecule has 0 saturated heterocycles. The van der Waals surface area contributed by atoms with Crippen molar-refractivity contribution in [2.45, 2.75) is 77.6 Å². The molecule has 0 aliphatic rings. The van der Waals surface area contributed by atoms with Crippen LogP contribution in [0.3, 0.4) is 0 Å². The molecule has 0 unspecified atom stereocenters. The predicted molar refractivity (Wildman–Crippen MR) is 148 cm³/mol. The van der Waals surface area contributed by atoms with E-state index in [4.69, 9.17) is 14.2 Å². The zero-order valence-electron chi connectivity index (χ0n) is 24.0. The van der Waals surface area contributed by atoms with Crippen molar-refractivity contribution in [3.8, 4) is 5.75 Å². The Hall–Kier alpha value is -3.66. The van der Waals surface area contributed by atoms with Gasteiger partial charge < -0.3 is 24.8 Å². The molecule has 1 aromatic rings. The SMILES string of the molecule is C=CCOc1ccc(C[C@H](NC(=O)OC(C)(C)C)C(=O)[NH2+][C@@H](CC(C)C)C(=O)N[C@@H](CC=C)C(=O)OC)cc1. The minimum absolute atomic E-state index is 0.0705. The standard InChI is InChI=1S/C29H43N3O7/c1-9-11-22(27(35)37-8)30-25(33)23(17-19(3)4)31-26(34)24(32-28(36)39-29(5,6)7)18-20-12-14-21(15-13-20)38-16-10-2/h9-10,12-15,19,22-24H,1-2,11,16-18H2,3-8H3,(H,30,33)(H,31,34)(H,32,36)/p+1/t22-,23-,24-/m0/s1. The minimum Gasteiger partial charge on any atom is -0.490 e. The van der Waals surface area contributed by atoms with Crippen LogP contribution in [-0.4, -0.2) is 61.3 Å². The third-order valence-electron chi connectivity index (χ3n) is 5.40. The highest BCUT2D eigenvalue weighted by Gasteiger charge is 2.34. The monoisotopic (exact) mass is 546 g/mol. The summed E-state index contributed by atoms with van der Waals surface area (Å²) in [6, 6.07) is 4.36. The molecule has 216 valence electrons. The van der Waals surface area contributed by atoms with Crippen molar-refractivity contribution >= 4 is 23.9 Å². The van der Waals surface area contributed by atoms with Gasteiger partial charge in [-0.3, -0.25) is 10.1 Å². The fourth-order valence-electron chi connectivity index (χ4n) is 3.66. The van der Waals surface area contributed by atoms with Gasteiger partial charge in [-0.25, -0.2) is 14.4 Å². The van der Waals surface area contributed by atoms with E-state index in [1.54, 1.807) is 51.1 Å². The van der Waals surface area contributed by atoms with Gasteiger partial charge in [-0.2, -0.15) is 0 Å². The number of hydrogen-bond donors (Lipinski definition) is 3. The van der Waals surface area contributed by atoms with Crippen LogP contribution in [-0.2, 0) is 30.3 Å². The predicted octanol–water partition coefficient (Wildman–Crippen LogP) is 2.43. The van der Waals surface area contributed by atoms with E-state index in [0.717, 1.165) is 5.56 Å². The number of carbonyl (C=O) groups is 4. The van der Waals surface area contributed by atoms with Crippen LogP contribution in [0.4, 0.5) is 4.79 Å². The molecular formula is C29H44N3O7+. The van der Waals surface area contributed by atoms with Crippen LogP contribution in [0.1, 0.15) is 53.0 Å². The number of quaternary nitrogens is 1. The summed E-state index contributed by atoms with van der Waals surface area (Å²) in [5, 5.41) is 6.62. The zero-order chi connectivity index (χ0) is 29.6. The number of nitrogens with one attached hydrogen (secondary N) is 2. The summed E-state index contributed by atoms with van der Waals surface area (Å²) in [6.07, 6.45) is 3.08. The van der Waals surface area contributed by atoms with Crippen LogP contribution >= 0.6 is 0 Å². The average molecular weight is 547 g/mol. The van der Waals surface area contributed by atoms with Crippen molar-refractivity contribution in [3.05, 3.63) is 55.1 Å². The lowest BCUT2D eigenvalue weighted by molar-refractivity contribution is -0.595. The Balaban J connectivity index is 3.16. The molecule has 10 heteroatoms. The summed E-state index contributed by atoms with van der Waals surface area (Å²) < 4.78 is 15.6. The highest BCUT2D eigenvalue weighted by atomic mass is 16.6. The molecule has 0 heterocycles. The van der Waals surface area contributed by atoms with Crippen LogP contribution in [0.15, 0.2) is 49.6 Å². The third-order valence-corrected chi connectivity index (χ3v) is 5.40. The first-order valence-corrected chi connectivity index (χ1v) is 13.0. The molecule has 3 atom stereocenters. The van der Waals surface area contributed by atoms with Gasteiger partial charge in [-0.1, -0.05) is 44.7 Å². The van der Waals surface area contributed by atoms with Crippen molar-refractivity contribution in [2.24, 2.45) is 5.92 Å². The highest BCUT2D eigenvalue weighted by molar-refractivity contribution is 5.88. The Morgan fingerprint density at radius 3 is 2.15 bits per heavy atom. The van der Waals surface area contributed by atoms with Crippen LogP contribution < -0.4 is 20.7 Å². The second kappa shape index (κ2) is 16.3. The van der Waals surface area contributed by atoms with Crippen molar-refractivity contribution < 1.29 is 38.7 Å². The van der Waals surface area contributed by atoms with Crippen LogP contribution in [0.25, 0.3) is 0 Å². The number of rotatable bonds is 15. The van der Waals surface area contributed by atoms with Gasteiger partial charge in [0.1, 0.15) is 24.0 Å². The Morgan fingerprint density at radius 1 is 1.00 bits per heavy atom. The summed E-state index contributed by atoms with van der Waals surface area (Å²) >= 11 is 0. The van der Waals surface area contributed by atoms with E-state index >= 15 is 0 Å². The van der Waals surface area contributed by atoms with Crippen LogP contribution in [0, 0.1) is 5.92 Å². The summed E-state index contributed by atoms with van der Waals surface area (Å²) in [6.45, 7) is 16.6. The second-order valence-electron chi connectivity index (χ2n) is 10.6. The molecule has 0 spiro atoms. The molecule has 0 radical (unpaired) electrons. The van der Waals surface area contributed by atoms with Gasteiger partial charge in [0, 0.05) is 12.8 Å². The zero-order valence-corrected chi connectivity index (χ0v) is 24.0. The van der Waals surface area contributed by atoms with E-state index in [1.807, 2.05) is 13.8 Å². The Labute approximate surface area is 231 Å². The molecule has 10 nitrogen and oxygen atoms in total. The normalized spacial score (nSPS) is 13.4. The van der Waals surface area contributed by atoms with E-state index < -0.39 is 47.6 Å². The van der Waals surface area contributed by atoms with E-state index in [-0.39, 0.29) is 18.8 Å². The number of alkyl carbamates (subject to hydrolysis) is 1. The summed E-state index contributed by atoms with van der Waals surface area (Å²) in [5.41, 5.74) is 0.00462. The summed E-state index contributed by atoms with van der Waals surface area (Å²) in [7, 11) is 1.23. The first kappa shape index (κ1) is 33.4. The van der Waals surface area contributed by atoms with E-state index in [2.05, 4.69) is 23.8 Å². The third kappa shape index (κ3) is 13.1. The second-order valence-corrected chi connectivity index (χ2v) is 10.6. The summed E-state index contributed by atoms with van der Waals surface area (Å²) in [4.78, 5) is 51.4. The van der Waals surface area contributed by atoms with Crippen molar-refractivity contribution in [3.63, 3.8) is 0 Å². The van der Waals surface area contributed by atoms with Gasteiger partial charge in [0.05, 0.1) is 7.11 Å². The van der Waals surface area contributed by atoms with Gasteiger partial charge in [0.15, 0.2) is 12.1 Å². The van der Waals surface area contributed by atoms with E-state index in [1.165, 1.54) is 18.5 Å². The van der Waals surface area contributed by atoms with Gasteiger partial charge >= 0.3 is 18.0 Å². The number of amides is 3. The number of methoxy groups -OCH3 is 1. The molecule has 0 aromatic heterocycles. The molecule has 0 fully saturated rings. The molecule has 1 aromatic carbocycles. The number of hydrogen-bond acceptors (Lipinski definition) is 7. The average Bonchev–Trinajstić information content (AvgIpc) is 2.85. The fraction of sp³-hybridized carbons (Fsp3) is 0.517. The molecule has 0 bridgehead atoms. The Bertz CT molecular complexity index is 984. The maximum Gasteiger partial charge on any atom is 0.408 e. The Kier molecular flexibility index (Phi) is 14.0. The van der Waals surface area contributed by atoms with E-state index in [0.29, 0.717) is 18.8 Å². The fourth-order valence-corrected chi connectivity index (χ4v) is 3.66. The number of ether oxygens (including phenoxy) is 3. The minimum atomic E-state index is -0.994. The van der Waals surface area contributed by atoms with Crippen molar-refractivity contribution in [2.75, 3.05) is 13.7 Å². The van der Waals surface area contributed by atoms with Gasteiger partial charge in [-0.05, 0) is 50.8 Å². The topological polar surface area (TPSA) is 137 Å². The lowest BCUT2D eigenvalue weighted by atomic mass is 10.0. The lowest BCUT2D eigenvalue weighted by Crippen LogP contribution is -2.98. The number of esters is 1. The quantitative estimate of drug-likeness (QED) is 0.227. The first-order chi connectivity index (χ1) is 18.3. The van der Waals surface area contributed by atoms with Gasteiger partial charge in [0.2, 0.25) is 0 Å². The smallest absolute Gasteiger partial charge is 0.408 e. The van der Waals surface area contributed by atoms with Gasteiger partial charge in [0.25, 0.3) is 5.91 Å². The Morgan fingerprint density at radius 2 is 1.64 bits per heavy atom. The molecule has 0 aliphatic heterocycles. The molecule has 4 N–H and O–H groups in total. The number of benzene rings is 1. The molecular weight excluding hydrogens is 502 g/mol. The lowest BCUT2D eigenvalue weighted by Gasteiger charge is -2.24. The first-order valence-electron chi connectivity index (χ1n) is 13.0. The molecule has 0 saturated carbocycles. The van der Waals surface area contributed by atoms with Crippen LogP contribution in [0.2, 0.25) is 0 Å². The number of primary amides is 1. The largest absolute Gasteiger partial charge is 0.490 e. The number of carbonyl (C=O) groups excluding carboxylic acids is 4. The molecule has 1 rings (SSSR count). The molecule has 39 heavy (non-hydrogen) atoms. The highest BCUT2D eigenvalue weighted by Crippen LogP contribution is 2.14. The van der Waals surface area contributed by atoms with Gasteiger partial charge in [-0.15, -0.1) is 6.58 Å². The molecule has 0 aliphatic carbocycles. The van der Waals surface area contributed by atoms with Crippen molar-refractivity contribution in [1.82, 2.24) is 10.6 Å². The molecule has 3 amide bonds. The number of nitrogens with two attached hydrogens (primary N) is 1. The van der Waals surface area contributed by atoms with Crippen molar-refractivity contribution in [1.29, 1.82) is 0 Å². The maximum absolute atomic E-state index is 13.5. The van der Waals surface area contributed by atoms with E-state index in [9.17, 15) is 19.2 Å². The summed E-state index contributed by atoms with van der Waals surface area (Å²) in [5.74, 6) is -0.841.